The van der Waals surface area contributed by atoms with Crippen LogP contribution in [-0.2, 0) is 10.0 Å². The minimum atomic E-state index is -3.84. The molecule has 0 amide bonds. The first-order valence-corrected chi connectivity index (χ1v) is 8.54. The lowest BCUT2D eigenvalue weighted by molar-refractivity contribution is 0.0696. The van der Waals surface area contributed by atoms with E-state index in [1.807, 2.05) is 0 Å². The Morgan fingerprint density at radius 3 is 2.43 bits per heavy atom. The number of halogens is 2. The highest BCUT2D eigenvalue weighted by Crippen LogP contribution is 2.25. The SMILES string of the molecule is O=C(O)c1ccc(S(=O)(=O)Nc2ccc(Br)nc2)c(Br)c1. The van der Waals surface area contributed by atoms with E-state index < -0.39 is 16.0 Å². The van der Waals surface area contributed by atoms with Gasteiger partial charge in [-0.2, -0.15) is 0 Å². The molecule has 2 aromatic rings. The summed E-state index contributed by atoms with van der Waals surface area (Å²) in [6.45, 7) is 0. The predicted molar refractivity (Wildman–Crippen MR) is 83.8 cm³/mol. The summed E-state index contributed by atoms with van der Waals surface area (Å²) in [5, 5.41) is 8.87. The molecule has 0 radical (unpaired) electrons. The average Bonchev–Trinajstić information content (AvgIpc) is 2.40. The van der Waals surface area contributed by atoms with E-state index in [1.165, 1.54) is 24.4 Å². The van der Waals surface area contributed by atoms with E-state index in [-0.39, 0.29) is 14.9 Å². The number of carboxylic acid groups (broad SMARTS) is 1. The van der Waals surface area contributed by atoms with Gasteiger partial charge in [0.05, 0.1) is 17.4 Å². The Labute approximate surface area is 137 Å². The summed E-state index contributed by atoms with van der Waals surface area (Å²) in [5.74, 6) is -1.13. The largest absolute Gasteiger partial charge is 0.478 e. The van der Waals surface area contributed by atoms with Crippen LogP contribution in [-0.4, -0.2) is 24.5 Å². The minimum Gasteiger partial charge on any atom is -0.478 e. The maximum atomic E-state index is 12.3. The second-order valence-electron chi connectivity index (χ2n) is 3.93. The Morgan fingerprint density at radius 2 is 1.90 bits per heavy atom. The molecule has 0 spiro atoms. The van der Waals surface area contributed by atoms with Crippen molar-refractivity contribution in [3.63, 3.8) is 0 Å². The van der Waals surface area contributed by atoms with Gasteiger partial charge in [-0.3, -0.25) is 4.72 Å². The fourth-order valence-electron chi connectivity index (χ4n) is 1.50. The van der Waals surface area contributed by atoms with Crippen LogP contribution < -0.4 is 4.72 Å². The van der Waals surface area contributed by atoms with E-state index in [0.717, 1.165) is 0 Å². The molecule has 0 atom stereocenters. The highest BCUT2D eigenvalue weighted by molar-refractivity contribution is 9.10. The number of rotatable bonds is 4. The molecule has 21 heavy (non-hydrogen) atoms. The molecule has 0 saturated heterocycles. The van der Waals surface area contributed by atoms with Gasteiger partial charge in [-0.25, -0.2) is 18.2 Å². The molecule has 0 fully saturated rings. The molecule has 2 rings (SSSR count). The number of hydrogen-bond donors (Lipinski definition) is 2. The number of nitrogens with zero attached hydrogens (tertiary/aromatic N) is 1. The monoisotopic (exact) mass is 434 g/mol. The third-order valence-electron chi connectivity index (χ3n) is 2.45. The first kappa shape index (κ1) is 15.9. The van der Waals surface area contributed by atoms with E-state index in [0.29, 0.717) is 10.3 Å². The molecular weight excluding hydrogens is 428 g/mol. The first-order chi connectivity index (χ1) is 9.79. The quantitative estimate of drug-likeness (QED) is 0.719. The zero-order chi connectivity index (χ0) is 15.6. The third kappa shape index (κ3) is 3.80. The zero-order valence-corrected chi connectivity index (χ0v) is 14.2. The summed E-state index contributed by atoms with van der Waals surface area (Å²) >= 11 is 6.22. The Kier molecular flexibility index (Phi) is 4.64. The van der Waals surface area contributed by atoms with Gasteiger partial charge in [0.15, 0.2) is 0 Å². The Bertz CT molecular complexity index is 791. The highest BCUT2D eigenvalue weighted by Gasteiger charge is 2.19. The van der Waals surface area contributed by atoms with Crippen LogP contribution >= 0.6 is 31.9 Å². The number of carboxylic acids is 1. The molecular formula is C12H8Br2N2O4S. The number of aromatic carboxylic acids is 1. The fourth-order valence-corrected chi connectivity index (χ4v) is 3.85. The zero-order valence-electron chi connectivity index (χ0n) is 10.2. The number of nitrogens with one attached hydrogen (secondary N) is 1. The Hall–Kier alpha value is -1.45. The van der Waals surface area contributed by atoms with Crippen molar-refractivity contribution in [2.45, 2.75) is 4.90 Å². The summed E-state index contributed by atoms with van der Waals surface area (Å²) in [7, 11) is -3.84. The maximum absolute atomic E-state index is 12.3. The standard InChI is InChI=1S/C12H8Br2N2O4S/c13-9-5-7(12(17)18)1-3-10(9)21(19,20)16-8-2-4-11(14)15-6-8/h1-6,16H,(H,17,18). The maximum Gasteiger partial charge on any atom is 0.335 e. The van der Waals surface area contributed by atoms with Crippen LogP contribution in [0.4, 0.5) is 5.69 Å². The molecule has 0 aliphatic heterocycles. The molecule has 9 heteroatoms. The Balaban J connectivity index is 2.35. The molecule has 1 heterocycles. The number of benzene rings is 1. The topological polar surface area (TPSA) is 96.4 Å². The summed E-state index contributed by atoms with van der Waals surface area (Å²) in [5.41, 5.74) is 0.290. The average molecular weight is 436 g/mol. The van der Waals surface area contributed by atoms with Crippen LogP contribution in [0, 0.1) is 0 Å². The van der Waals surface area contributed by atoms with Crippen LogP contribution in [0.15, 0.2) is 50.5 Å². The molecule has 6 nitrogen and oxygen atoms in total. The smallest absolute Gasteiger partial charge is 0.335 e. The van der Waals surface area contributed by atoms with E-state index in [1.54, 1.807) is 12.1 Å². The van der Waals surface area contributed by atoms with Gasteiger partial charge in [-0.05, 0) is 62.2 Å². The minimum absolute atomic E-state index is 0.00821. The van der Waals surface area contributed by atoms with E-state index in [9.17, 15) is 13.2 Å². The molecule has 1 aromatic heterocycles. The Morgan fingerprint density at radius 1 is 1.19 bits per heavy atom. The summed E-state index contributed by atoms with van der Waals surface area (Å²) in [6, 6.07) is 6.83. The van der Waals surface area contributed by atoms with Crippen molar-refractivity contribution in [3.8, 4) is 0 Å². The van der Waals surface area contributed by atoms with Gasteiger partial charge in [0.25, 0.3) is 10.0 Å². The van der Waals surface area contributed by atoms with Gasteiger partial charge in [0, 0.05) is 4.47 Å². The fraction of sp³-hybridized carbons (Fsp3) is 0. The molecule has 0 aliphatic rings. The van der Waals surface area contributed by atoms with E-state index >= 15 is 0 Å². The van der Waals surface area contributed by atoms with Crippen molar-refractivity contribution in [2.24, 2.45) is 0 Å². The number of hydrogen-bond acceptors (Lipinski definition) is 4. The molecule has 0 aliphatic carbocycles. The lowest BCUT2D eigenvalue weighted by Crippen LogP contribution is -2.14. The van der Waals surface area contributed by atoms with Crippen molar-refractivity contribution in [2.75, 3.05) is 4.72 Å². The van der Waals surface area contributed by atoms with Crippen molar-refractivity contribution < 1.29 is 18.3 Å². The number of carbonyl (C=O) groups is 1. The molecule has 0 bridgehead atoms. The van der Waals surface area contributed by atoms with Crippen LogP contribution in [0.1, 0.15) is 10.4 Å². The van der Waals surface area contributed by atoms with Gasteiger partial charge in [-0.1, -0.05) is 0 Å². The molecule has 0 unspecified atom stereocenters. The van der Waals surface area contributed by atoms with Crippen molar-refractivity contribution in [1.29, 1.82) is 0 Å². The lowest BCUT2D eigenvalue weighted by atomic mass is 10.2. The van der Waals surface area contributed by atoms with Crippen molar-refractivity contribution in [1.82, 2.24) is 4.98 Å². The van der Waals surface area contributed by atoms with Gasteiger partial charge < -0.3 is 5.11 Å². The number of aromatic nitrogens is 1. The van der Waals surface area contributed by atoms with Gasteiger partial charge >= 0.3 is 5.97 Å². The lowest BCUT2D eigenvalue weighted by Gasteiger charge is -2.10. The van der Waals surface area contributed by atoms with E-state index in [2.05, 4.69) is 41.6 Å². The van der Waals surface area contributed by atoms with Gasteiger partial charge in [0.1, 0.15) is 9.50 Å². The molecule has 110 valence electrons. The summed E-state index contributed by atoms with van der Waals surface area (Å²) in [4.78, 5) is 14.7. The summed E-state index contributed by atoms with van der Waals surface area (Å²) < 4.78 is 27.6. The second kappa shape index (κ2) is 6.12. The number of anilines is 1. The number of pyridine rings is 1. The second-order valence-corrected chi connectivity index (χ2v) is 7.24. The van der Waals surface area contributed by atoms with E-state index in [4.69, 9.17) is 5.11 Å². The molecule has 0 saturated carbocycles. The number of sulfonamides is 1. The molecule has 2 N–H and O–H groups in total. The van der Waals surface area contributed by atoms with Crippen molar-refractivity contribution in [3.05, 3.63) is 51.2 Å². The predicted octanol–water partition coefficient (Wildman–Crippen LogP) is 3.11. The first-order valence-electron chi connectivity index (χ1n) is 5.47. The third-order valence-corrected chi connectivity index (χ3v) is 5.28. The van der Waals surface area contributed by atoms with Gasteiger partial charge in [0.2, 0.25) is 0 Å². The highest BCUT2D eigenvalue weighted by atomic mass is 79.9. The van der Waals surface area contributed by atoms with Crippen molar-refractivity contribution >= 4 is 53.5 Å². The normalized spacial score (nSPS) is 11.1. The van der Waals surface area contributed by atoms with Gasteiger partial charge in [-0.15, -0.1) is 0 Å². The van der Waals surface area contributed by atoms with Crippen LogP contribution in [0.25, 0.3) is 0 Å². The summed E-state index contributed by atoms with van der Waals surface area (Å²) in [6.07, 6.45) is 1.36. The van der Waals surface area contributed by atoms with Crippen LogP contribution in [0.2, 0.25) is 0 Å². The van der Waals surface area contributed by atoms with Crippen LogP contribution in [0.5, 0.6) is 0 Å². The van der Waals surface area contributed by atoms with Crippen LogP contribution in [0.3, 0.4) is 0 Å². The molecule has 1 aromatic carbocycles.